The van der Waals surface area contributed by atoms with Crippen LogP contribution in [0.4, 0.5) is 0 Å². The van der Waals surface area contributed by atoms with Gasteiger partial charge in [0.15, 0.2) is 0 Å². The monoisotopic (exact) mass is 297 g/mol. The van der Waals surface area contributed by atoms with E-state index in [0.29, 0.717) is 0 Å². The molecule has 110 valence electrons. The van der Waals surface area contributed by atoms with E-state index >= 15 is 0 Å². The van der Waals surface area contributed by atoms with Crippen molar-refractivity contribution < 1.29 is 37.8 Å². The quantitative estimate of drug-likeness (QED) is 0.449. The van der Waals surface area contributed by atoms with Gasteiger partial charge in [-0.3, -0.25) is 14.4 Å². The van der Waals surface area contributed by atoms with Crippen LogP contribution in [0.1, 0.15) is 19.3 Å². The second kappa shape index (κ2) is 7.69. The molecule has 0 radical (unpaired) electrons. The maximum absolute atomic E-state index is 11.5. The summed E-state index contributed by atoms with van der Waals surface area (Å²) >= 11 is 0. The summed E-state index contributed by atoms with van der Waals surface area (Å²) in [5.41, 5.74) is 0. The maximum Gasteiger partial charge on any atom is 0.322 e. The van der Waals surface area contributed by atoms with E-state index in [1.54, 1.807) is 4.72 Å². The van der Waals surface area contributed by atoms with Gasteiger partial charge in [0.25, 0.3) is 0 Å². The molecule has 0 amide bonds. The molecule has 0 aromatic rings. The van der Waals surface area contributed by atoms with Crippen LogP contribution in [0, 0.1) is 0 Å². The van der Waals surface area contributed by atoms with Crippen molar-refractivity contribution in [2.24, 2.45) is 0 Å². The van der Waals surface area contributed by atoms with Crippen molar-refractivity contribution in [3.8, 4) is 0 Å². The molecule has 19 heavy (non-hydrogen) atoms. The van der Waals surface area contributed by atoms with Gasteiger partial charge in [-0.1, -0.05) is 0 Å². The minimum atomic E-state index is -3.98. The fourth-order valence-electron chi connectivity index (χ4n) is 1.14. The number of carboxylic acid groups (broad SMARTS) is 2. The lowest BCUT2D eigenvalue weighted by Crippen LogP contribution is -2.43. The van der Waals surface area contributed by atoms with Crippen LogP contribution in [0.3, 0.4) is 0 Å². The van der Waals surface area contributed by atoms with E-state index in [4.69, 9.17) is 10.2 Å². The molecule has 9 nitrogen and oxygen atoms in total. The van der Waals surface area contributed by atoms with Crippen LogP contribution < -0.4 is 4.72 Å². The zero-order chi connectivity index (χ0) is 15.1. The number of ether oxygens (including phenoxy) is 1. The lowest BCUT2D eigenvalue weighted by Gasteiger charge is -2.12. The lowest BCUT2D eigenvalue weighted by atomic mass is 10.2. The molecule has 0 aliphatic rings. The summed E-state index contributed by atoms with van der Waals surface area (Å²) in [4.78, 5) is 31.8. The molecule has 0 spiro atoms. The first kappa shape index (κ1) is 17.3. The standard InChI is InChI=1S/C9H15NO8S/c1-18-8(13)3-2-4-19(16,17)10-6(9(14)15)5-7(11)12/h6,10H,2-5H2,1H3,(H,11,12)(H,14,15)/t6-/m1/s1. The third kappa shape index (κ3) is 8.11. The number of sulfonamides is 1. The Morgan fingerprint density at radius 2 is 1.84 bits per heavy atom. The van der Waals surface area contributed by atoms with E-state index in [-0.39, 0.29) is 12.8 Å². The number of carboxylic acids is 2. The third-order valence-corrected chi connectivity index (χ3v) is 3.49. The van der Waals surface area contributed by atoms with Crippen LogP contribution in [0.15, 0.2) is 0 Å². The van der Waals surface area contributed by atoms with Gasteiger partial charge < -0.3 is 14.9 Å². The number of carbonyl (C=O) groups excluding carboxylic acids is 1. The molecule has 0 aliphatic heterocycles. The predicted molar refractivity (Wildman–Crippen MR) is 61.8 cm³/mol. The topological polar surface area (TPSA) is 147 Å². The molecular formula is C9H15NO8S. The second-order valence-corrected chi connectivity index (χ2v) is 5.48. The third-order valence-electron chi connectivity index (χ3n) is 2.02. The largest absolute Gasteiger partial charge is 0.481 e. The maximum atomic E-state index is 11.5. The van der Waals surface area contributed by atoms with Gasteiger partial charge in [0.1, 0.15) is 6.04 Å². The lowest BCUT2D eigenvalue weighted by molar-refractivity contribution is -0.145. The van der Waals surface area contributed by atoms with E-state index in [9.17, 15) is 22.8 Å². The molecule has 0 saturated carbocycles. The fourth-order valence-corrected chi connectivity index (χ4v) is 2.40. The van der Waals surface area contributed by atoms with Crippen molar-refractivity contribution in [3.05, 3.63) is 0 Å². The molecule has 0 bridgehead atoms. The van der Waals surface area contributed by atoms with Crippen LogP contribution in [0.5, 0.6) is 0 Å². The van der Waals surface area contributed by atoms with Crippen molar-refractivity contribution in [3.63, 3.8) is 0 Å². The Bertz CT molecular complexity index is 443. The minimum Gasteiger partial charge on any atom is -0.481 e. The Morgan fingerprint density at radius 1 is 1.26 bits per heavy atom. The normalized spacial score (nSPS) is 12.7. The Labute approximate surface area is 109 Å². The van der Waals surface area contributed by atoms with Crippen LogP contribution in [0.2, 0.25) is 0 Å². The molecular weight excluding hydrogens is 282 g/mol. The highest BCUT2D eigenvalue weighted by atomic mass is 32.2. The van der Waals surface area contributed by atoms with Crippen LogP contribution in [-0.4, -0.2) is 55.4 Å². The SMILES string of the molecule is COC(=O)CCCS(=O)(=O)N[C@H](CC(=O)O)C(=O)O. The first-order chi connectivity index (χ1) is 8.68. The zero-order valence-corrected chi connectivity index (χ0v) is 11.0. The first-order valence-corrected chi connectivity index (χ1v) is 6.84. The fraction of sp³-hybridized carbons (Fsp3) is 0.667. The summed E-state index contributed by atoms with van der Waals surface area (Å²) in [5.74, 6) is -4.11. The van der Waals surface area contributed by atoms with Crippen molar-refractivity contribution in [2.75, 3.05) is 12.9 Å². The zero-order valence-electron chi connectivity index (χ0n) is 10.2. The molecule has 0 unspecified atom stereocenters. The van der Waals surface area contributed by atoms with Gasteiger partial charge in [-0.15, -0.1) is 0 Å². The smallest absolute Gasteiger partial charge is 0.322 e. The predicted octanol–water partition coefficient (Wildman–Crippen LogP) is -1.21. The molecule has 0 aromatic heterocycles. The molecule has 0 saturated heterocycles. The molecule has 0 heterocycles. The number of esters is 1. The van der Waals surface area contributed by atoms with Gasteiger partial charge in [0.2, 0.25) is 10.0 Å². The van der Waals surface area contributed by atoms with Crippen molar-refractivity contribution >= 4 is 27.9 Å². The Kier molecular flexibility index (Phi) is 7.01. The second-order valence-electron chi connectivity index (χ2n) is 3.61. The van der Waals surface area contributed by atoms with E-state index < -0.39 is 46.1 Å². The number of aliphatic carboxylic acids is 2. The molecule has 0 rings (SSSR count). The van der Waals surface area contributed by atoms with Crippen molar-refractivity contribution in [2.45, 2.75) is 25.3 Å². The number of nitrogens with one attached hydrogen (secondary N) is 1. The Balaban J connectivity index is 4.43. The summed E-state index contributed by atoms with van der Waals surface area (Å²) in [6.07, 6.45) is -1.05. The summed E-state index contributed by atoms with van der Waals surface area (Å²) in [6, 6.07) is -1.74. The molecule has 10 heteroatoms. The van der Waals surface area contributed by atoms with Crippen molar-refractivity contribution in [1.29, 1.82) is 0 Å². The number of methoxy groups -OCH3 is 1. The van der Waals surface area contributed by atoms with Gasteiger partial charge in [-0.2, -0.15) is 0 Å². The molecule has 0 aromatic carbocycles. The highest BCUT2D eigenvalue weighted by Crippen LogP contribution is 2.01. The highest BCUT2D eigenvalue weighted by Gasteiger charge is 2.26. The van der Waals surface area contributed by atoms with E-state index in [1.807, 2.05) is 0 Å². The number of rotatable bonds is 9. The van der Waals surface area contributed by atoms with Crippen LogP contribution >= 0.6 is 0 Å². The Morgan fingerprint density at radius 3 is 2.26 bits per heavy atom. The average molecular weight is 297 g/mol. The van der Waals surface area contributed by atoms with E-state index in [1.165, 1.54) is 0 Å². The number of hydrogen-bond donors (Lipinski definition) is 3. The summed E-state index contributed by atoms with van der Waals surface area (Å²) in [6.45, 7) is 0. The summed E-state index contributed by atoms with van der Waals surface area (Å²) in [5, 5.41) is 17.1. The first-order valence-electron chi connectivity index (χ1n) is 5.19. The number of hydrogen-bond acceptors (Lipinski definition) is 6. The van der Waals surface area contributed by atoms with Crippen LogP contribution in [-0.2, 0) is 29.1 Å². The summed E-state index contributed by atoms with van der Waals surface area (Å²) < 4.78 is 29.0. The van der Waals surface area contributed by atoms with Gasteiger partial charge >= 0.3 is 17.9 Å². The van der Waals surface area contributed by atoms with Gasteiger partial charge in [-0.05, 0) is 6.42 Å². The minimum absolute atomic E-state index is 0.0541. The van der Waals surface area contributed by atoms with E-state index in [2.05, 4.69) is 4.74 Å². The molecule has 3 N–H and O–H groups in total. The van der Waals surface area contributed by atoms with Gasteiger partial charge in [0, 0.05) is 6.42 Å². The Hall–Kier alpha value is -1.68. The highest BCUT2D eigenvalue weighted by molar-refractivity contribution is 7.89. The molecule has 0 aliphatic carbocycles. The van der Waals surface area contributed by atoms with Gasteiger partial charge in [-0.25, -0.2) is 13.1 Å². The van der Waals surface area contributed by atoms with Crippen LogP contribution in [0.25, 0.3) is 0 Å². The van der Waals surface area contributed by atoms with Crippen molar-refractivity contribution in [1.82, 2.24) is 4.72 Å². The molecule has 0 fully saturated rings. The summed E-state index contributed by atoms with van der Waals surface area (Å²) in [7, 11) is -2.82. The van der Waals surface area contributed by atoms with Gasteiger partial charge in [0.05, 0.1) is 19.3 Å². The average Bonchev–Trinajstić information content (AvgIpc) is 2.26. The molecule has 1 atom stereocenters. The number of carbonyl (C=O) groups is 3. The van der Waals surface area contributed by atoms with E-state index in [0.717, 1.165) is 7.11 Å².